The Morgan fingerprint density at radius 3 is 2.60 bits per heavy atom. The lowest BCUT2D eigenvalue weighted by Crippen LogP contribution is -2.54. The Morgan fingerprint density at radius 1 is 1.60 bits per heavy atom. The fraction of sp³-hybridized carbons (Fsp3) is 0.900. The highest BCUT2D eigenvalue weighted by molar-refractivity contribution is 5.69. The number of nitrogens with one attached hydrogen (secondary N) is 2. The van der Waals surface area contributed by atoms with Crippen molar-refractivity contribution in [1.29, 1.82) is 0 Å². The quantitative estimate of drug-likeness (QED) is 0.695. The van der Waals surface area contributed by atoms with Crippen LogP contribution < -0.4 is 10.6 Å². The summed E-state index contributed by atoms with van der Waals surface area (Å²) in [6.45, 7) is 7.68. The highest BCUT2D eigenvalue weighted by Gasteiger charge is 2.41. The lowest BCUT2D eigenvalue weighted by Gasteiger charge is -2.29. The molecule has 0 saturated carbocycles. The molecule has 1 aliphatic heterocycles. The van der Waals surface area contributed by atoms with Crippen LogP contribution in [0.2, 0.25) is 0 Å². The summed E-state index contributed by atoms with van der Waals surface area (Å²) in [5, 5.41) is 5.45. The van der Waals surface area contributed by atoms with Crippen LogP contribution in [0.1, 0.15) is 27.7 Å². The van der Waals surface area contributed by atoms with Gasteiger partial charge >= 0.3 is 6.09 Å². The number of hydrogen-bond donors (Lipinski definition) is 2. The number of alkyl carbamates (subject to hydrolysis) is 1. The van der Waals surface area contributed by atoms with E-state index in [4.69, 9.17) is 4.74 Å². The smallest absolute Gasteiger partial charge is 0.408 e. The predicted octanol–water partition coefficient (Wildman–Crippen LogP) is 1.21. The average molecular weight is 218 g/mol. The number of rotatable bonds is 1. The van der Waals surface area contributed by atoms with E-state index >= 15 is 0 Å². The van der Waals surface area contributed by atoms with Crippen LogP contribution in [0.4, 0.5) is 9.18 Å². The van der Waals surface area contributed by atoms with Gasteiger partial charge in [-0.1, -0.05) is 0 Å². The van der Waals surface area contributed by atoms with Crippen molar-refractivity contribution < 1.29 is 13.9 Å². The first-order valence-electron chi connectivity index (χ1n) is 5.09. The Morgan fingerprint density at radius 2 is 2.20 bits per heavy atom. The van der Waals surface area contributed by atoms with Crippen molar-refractivity contribution in [2.75, 3.05) is 13.1 Å². The van der Waals surface area contributed by atoms with Crippen LogP contribution in [0.25, 0.3) is 0 Å². The molecule has 1 aliphatic rings. The minimum absolute atomic E-state index is 0.270. The average Bonchev–Trinajstić information content (AvgIpc) is 2.27. The van der Waals surface area contributed by atoms with Crippen LogP contribution in [0, 0.1) is 0 Å². The molecule has 15 heavy (non-hydrogen) atoms. The maximum atomic E-state index is 13.4. The van der Waals surface area contributed by atoms with Gasteiger partial charge in [0.1, 0.15) is 11.8 Å². The van der Waals surface area contributed by atoms with Gasteiger partial charge in [0.25, 0.3) is 0 Å². The first-order valence-corrected chi connectivity index (χ1v) is 5.09. The van der Waals surface area contributed by atoms with E-state index in [0.29, 0.717) is 6.54 Å². The van der Waals surface area contributed by atoms with Crippen molar-refractivity contribution in [3.8, 4) is 0 Å². The molecule has 0 aromatic rings. The van der Waals surface area contributed by atoms with E-state index in [1.54, 1.807) is 27.7 Å². The van der Waals surface area contributed by atoms with Crippen LogP contribution in [0.3, 0.4) is 0 Å². The van der Waals surface area contributed by atoms with Crippen molar-refractivity contribution in [3.63, 3.8) is 0 Å². The number of carbonyl (C=O) groups excluding carboxylic acids is 1. The normalized spacial score (nSPS) is 31.4. The highest BCUT2D eigenvalue weighted by Crippen LogP contribution is 2.18. The van der Waals surface area contributed by atoms with Crippen molar-refractivity contribution in [2.24, 2.45) is 0 Å². The third-order valence-electron chi connectivity index (χ3n) is 2.29. The SMILES string of the molecule is CC(C)(C)OC(=O)N[C@]1(C)CNC[C@H]1F. The number of alkyl halides is 1. The Hall–Kier alpha value is -0.840. The minimum Gasteiger partial charge on any atom is -0.444 e. The lowest BCUT2D eigenvalue weighted by molar-refractivity contribution is 0.0432. The Bertz CT molecular complexity index is 252. The summed E-state index contributed by atoms with van der Waals surface area (Å²) in [6, 6.07) is 0. The Kier molecular flexibility index (Phi) is 3.23. The molecule has 0 spiro atoms. The van der Waals surface area contributed by atoms with E-state index in [9.17, 15) is 9.18 Å². The van der Waals surface area contributed by atoms with Gasteiger partial charge in [0, 0.05) is 13.1 Å². The van der Waals surface area contributed by atoms with E-state index in [1.165, 1.54) is 0 Å². The van der Waals surface area contributed by atoms with Gasteiger partial charge in [0.05, 0.1) is 5.54 Å². The van der Waals surface area contributed by atoms with Gasteiger partial charge in [-0.3, -0.25) is 0 Å². The molecule has 0 radical (unpaired) electrons. The Balaban J connectivity index is 2.51. The molecule has 2 N–H and O–H groups in total. The van der Waals surface area contributed by atoms with Crippen LogP contribution >= 0.6 is 0 Å². The van der Waals surface area contributed by atoms with Crippen molar-refractivity contribution in [2.45, 2.75) is 45.0 Å². The van der Waals surface area contributed by atoms with Crippen LogP contribution in [-0.4, -0.2) is 36.5 Å². The predicted molar refractivity (Wildman–Crippen MR) is 55.5 cm³/mol. The second-order valence-corrected chi connectivity index (χ2v) is 5.14. The molecule has 88 valence electrons. The molecule has 4 nitrogen and oxygen atoms in total. The molecule has 0 aromatic heterocycles. The topological polar surface area (TPSA) is 50.4 Å². The molecule has 1 saturated heterocycles. The summed E-state index contributed by atoms with van der Waals surface area (Å²) < 4.78 is 18.5. The van der Waals surface area contributed by atoms with Crippen molar-refractivity contribution in [1.82, 2.24) is 10.6 Å². The number of carbonyl (C=O) groups is 1. The second-order valence-electron chi connectivity index (χ2n) is 5.14. The van der Waals surface area contributed by atoms with Gasteiger partial charge in [-0.05, 0) is 27.7 Å². The van der Waals surface area contributed by atoms with Gasteiger partial charge in [-0.25, -0.2) is 9.18 Å². The van der Waals surface area contributed by atoms with E-state index in [0.717, 1.165) is 0 Å². The number of amides is 1. The lowest BCUT2D eigenvalue weighted by atomic mass is 10.0. The maximum Gasteiger partial charge on any atom is 0.408 e. The molecule has 1 fully saturated rings. The molecular formula is C10H19FN2O2. The van der Waals surface area contributed by atoms with Crippen LogP contribution in [0.5, 0.6) is 0 Å². The third kappa shape index (κ3) is 3.34. The molecule has 0 unspecified atom stereocenters. The summed E-state index contributed by atoms with van der Waals surface area (Å²) in [4.78, 5) is 11.4. The van der Waals surface area contributed by atoms with Gasteiger partial charge in [0.15, 0.2) is 0 Å². The van der Waals surface area contributed by atoms with Crippen molar-refractivity contribution in [3.05, 3.63) is 0 Å². The molecule has 0 aromatic carbocycles. The standard InChI is InChI=1S/C10H19FN2O2/c1-9(2,3)15-8(14)13-10(4)6-12-5-7(10)11/h7,12H,5-6H2,1-4H3,(H,13,14)/t7-,10-/m1/s1. The molecule has 1 heterocycles. The largest absolute Gasteiger partial charge is 0.444 e. The summed E-state index contributed by atoms with van der Waals surface area (Å²) in [6.07, 6.45) is -1.65. The van der Waals surface area contributed by atoms with Crippen LogP contribution in [-0.2, 0) is 4.74 Å². The van der Waals surface area contributed by atoms with Crippen LogP contribution in [0.15, 0.2) is 0 Å². The van der Waals surface area contributed by atoms with Gasteiger partial charge in [-0.2, -0.15) is 0 Å². The number of hydrogen-bond acceptors (Lipinski definition) is 3. The number of ether oxygens (including phenoxy) is 1. The summed E-state index contributed by atoms with van der Waals surface area (Å²) in [5.74, 6) is 0. The molecule has 1 amide bonds. The molecule has 5 heteroatoms. The zero-order chi connectivity index (χ0) is 11.7. The molecule has 0 bridgehead atoms. The fourth-order valence-electron chi connectivity index (χ4n) is 1.45. The minimum atomic E-state index is -1.08. The summed E-state index contributed by atoms with van der Waals surface area (Å²) in [7, 11) is 0. The number of halogens is 1. The summed E-state index contributed by atoms with van der Waals surface area (Å²) >= 11 is 0. The van der Waals surface area contributed by atoms with E-state index in [1.807, 2.05) is 0 Å². The van der Waals surface area contributed by atoms with E-state index in [-0.39, 0.29) is 6.54 Å². The third-order valence-corrected chi connectivity index (χ3v) is 2.29. The van der Waals surface area contributed by atoms with Gasteiger partial charge in [-0.15, -0.1) is 0 Å². The first kappa shape index (κ1) is 12.2. The zero-order valence-corrected chi connectivity index (χ0v) is 9.69. The van der Waals surface area contributed by atoms with Gasteiger partial charge < -0.3 is 15.4 Å². The van der Waals surface area contributed by atoms with Crippen molar-refractivity contribution >= 4 is 6.09 Å². The molecule has 0 aliphatic carbocycles. The fourth-order valence-corrected chi connectivity index (χ4v) is 1.45. The first-order chi connectivity index (χ1) is 6.73. The molecule has 1 rings (SSSR count). The molecule has 2 atom stereocenters. The van der Waals surface area contributed by atoms with E-state index < -0.39 is 23.4 Å². The molecular weight excluding hydrogens is 199 g/mol. The summed E-state index contributed by atoms with van der Waals surface area (Å²) in [5.41, 5.74) is -1.42. The van der Waals surface area contributed by atoms with Gasteiger partial charge in [0.2, 0.25) is 0 Å². The highest BCUT2D eigenvalue weighted by atomic mass is 19.1. The monoisotopic (exact) mass is 218 g/mol. The van der Waals surface area contributed by atoms with E-state index in [2.05, 4.69) is 10.6 Å². The zero-order valence-electron chi connectivity index (χ0n) is 9.69. The second kappa shape index (κ2) is 3.96. The maximum absolute atomic E-state index is 13.4. The Labute approximate surface area is 89.6 Å².